The van der Waals surface area contributed by atoms with Gasteiger partial charge in [-0.25, -0.2) is 0 Å². The molecule has 0 rings (SSSR count). The summed E-state index contributed by atoms with van der Waals surface area (Å²) < 4.78 is 0. The van der Waals surface area contributed by atoms with Crippen molar-refractivity contribution in [2.24, 2.45) is 10.7 Å². The smallest absolute Gasteiger partial charge is 0.214 e. The van der Waals surface area contributed by atoms with E-state index >= 15 is 0 Å². The fourth-order valence-corrected chi connectivity index (χ4v) is 0.491. The molecular weight excluding hydrogens is 142 g/mol. The normalized spacial score (nSPS) is 14.1. The number of amides is 1. The molecule has 4 nitrogen and oxygen atoms in total. The summed E-state index contributed by atoms with van der Waals surface area (Å²) in [4.78, 5) is 15.3. The van der Waals surface area contributed by atoms with Gasteiger partial charge in [-0.1, -0.05) is 0 Å². The first-order valence-corrected chi connectivity index (χ1v) is 3.29. The van der Waals surface area contributed by atoms with Crippen LogP contribution in [0.15, 0.2) is 17.3 Å². The second kappa shape index (κ2) is 5.61. The minimum atomic E-state index is -0.297. The van der Waals surface area contributed by atoms with Gasteiger partial charge in [-0.3, -0.25) is 9.79 Å². The number of nitrogens with two attached hydrogens (primary N) is 1. The van der Waals surface area contributed by atoms with Gasteiger partial charge in [-0.05, 0) is 13.0 Å². The van der Waals surface area contributed by atoms with Crippen molar-refractivity contribution in [3.63, 3.8) is 0 Å². The number of aliphatic imine (C=N–C) groups is 1. The van der Waals surface area contributed by atoms with Crippen LogP contribution in [-0.2, 0) is 4.79 Å². The third kappa shape index (κ3) is 4.27. The van der Waals surface area contributed by atoms with Gasteiger partial charge in [-0.15, -0.1) is 0 Å². The molecule has 0 radical (unpaired) electrons. The van der Waals surface area contributed by atoms with E-state index in [1.54, 1.807) is 32.5 Å². The Labute approximate surface area is 66.4 Å². The summed E-state index contributed by atoms with van der Waals surface area (Å²) in [6.45, 7) is 1.72. The maximum atomic E-state index is 10.3. The summed E-state index contributed by atoms with van der Waals surface area (Å²) in [6, 6.07) is 0. The van der Waals surface area contributed by atoms with Crippen molar-refractivity contribution in [3.8, 4) is 0 Å². The van der Waals surface area contributed by atoms with Crippen LogP contribution in [0.5, 0.6) is 0 Å². The fourth-order valence-electron chi connectivity index (χ4n) is 0.491. The van der Waals surface area contributed by atoms with Crippen LogP contribution in [0.3, 0.4) is 0 Å². The molecule has 0 aromatic heterocycles. The Morgan fingerprint density at radius 3 is 2.64 bits per heavy atom. The first kappa shape index (κ1) is 9.84. The summed E-state index contributed by atoms with van der Waals surface area (Å²) in [5, 5.41) is 0. The van der Waals surface area contributed by atoms with Gasteiger partial charge < -0.3 is 10.6 Å². The lowest BCUT2D eigenvalue weighted by atomic mass is 10.5. The van der Waals surface area contributed by atoms with Crippen molar-refractivity contribution in [2.75, 3.05) is 7.05 Å². The van der Waals surface area contributed by atoms with E-state index in [0.29, 0.717) is 6.41 Å². The Balaban J connectivity index is 3.96. The second-order valence-corrected chi connectivity index (χ2v) is 2.04. The molecule has 2 N–H and O–H groups in total. The average molecular weight is 155 g/mol. The summed E-state index contributed by atoms with van der Waals surface area (Å²) in [5.74, 6) is 0. The Morgan fingerprint density at radius 1 is 1.64 bits per heavy atom. The van der Waals surface area contributed by atoms with Crippen molar-refractivity contribution in [1.29, 1.82) is 0 Å². The molecule has 4 heteroatoms. The van der Waals surface area contributed by atoms with Crippen LogP contribution in [0.1, 0.15) is 6.92 Å². The molecule has 11 heavy (non-hydrogen) atoms. The Kier molecular flexibility index (Phi) is 5.02. The highest BCUT2D eigenvalue weighted by Crippen LogP contribution is 1.87. The Hall–Kier alpha value is -1.16. The van der Waals surface area contributed by atoms with Crippen LogP contribution in [0, 0.1) is 0 Å². The van der Waals surface area contributed by atoms with Crippen LogP contribution >= 0.6 is 0 Å². The van der Waals surface area contributed by atoms with Crippen LogP contribution < -0.4 is 5.73 Å². The molecule has 0 heterocycles. The number of hydrogen-bond donors (Lipinski definition) is 1. The first-order chi connectivity index (χ1) is 5.22. The van der Waals surface area contributed by atoms with E-state index in [0.717, 1.165) is 0 Å². The van der Waals surface area contributed by atoms with Crippen molar-refractivity contribution in [2.45, 2.75) is 13.1 Å². The van der Waals surface area contributed by atoms with Gasteiger partial charge in [0.05, 0.1) is 6.17 Å². The summed E-state index contributed by atoms with van der Waals surface area (Å²) in [7, 11) is 1.65. The van der Waals surface area contributed by atoms with Crippen LogP contribution in [0.25, 0.3) is 0 Å². The van der Waals surface area contributed by atoms with E-state index in [9.17, 15) is 4.79 Å². The summed E-state index contributed by atoms with van der Waals surface area (Å²) in [5.41, 5.74) is 5.43. The monoisotopic (exact) mass is 155 g/mol. The molecule has 0 spiro atoms. The van der Waals surface area contributed by atoms with E-state index in [-0.39, 0.29) is 6.17 Å². The molecule has 1 amide bonds. The molecule has 62 valence electrons. The van der Waals surface area contributed by atoms with Crippen molar-refractivity contribution in [1.82, 2.24) is 4.90 Å². The molecule has 0 aromatic carbocycles. The number of carbonyl (C=O) groups excluding carboxylic acids is 1. The van der Waals surface area contributed by atoms with Crippen molar-refractivity contribution < 1.29 is 4.79 Å². The van der Waals surface area contributed by atoms with Gasteiger partial charge in [-0.2, -0.15) is 0 Å². The van der Waals surface area contributed by atoms with Crippen LogP contribution in [0.2, 0.25) is 0 Å². The van der Waals surface area contributed by atoms with Gasteiger partial charge in [0.1, 0.15) is 0 Å². The largest absolute Gasteiger partial charge is 0.311 e. The molecule has 0 saturated heterocycles. The lowest BCUT2D eigenvalue weighted by molar-refractivity contribution is -0.117. The highest BCUT2D eigenvalue weighted by Gasteiger charge is 1.99. The number of carbonyl (C=O) groups is 1. The zero-order valence-electron chi connectivity index (χ0n) is 6.77. The van der Waals surface area contributed by atoms with E-state index in [2.05, 4.69) is 4.99 Å². The summed E-state index contributed by atoms with van der Waals surface area (Å²) >= 11 is 0. The zero-order chi connectivity index (χ0) is 8.69. The highest BCUT2D eigenvalue weighted by atomic mass is 16.1. The minimum absolute atomic E-state index is 0.297. The lowest BCUT2D eigenvalue weighted by Crippen LogP contribution is -2.34. The van der Waals surface area contributed by atoms with Gasteiger partial charge in [0.15, 0.2) is 0 Å². The average Bonchev–Trinajstić information content (AvgIpc) is 1.97. The molecule has 0 unspecified atom stereocenters. The molecule has 0 aliphatic rings. The predicted octanol–water partition coefficient (Wildman–Crippen LogP) is -0.0362. The maximum Gasteiger partial charge on any atom is 0.214 e. The first-order valence-electron chi connectivity index (χ1n) is 3.29. The summed E-state index contributed by atoms with van der Waals surface area (Å²) in [6.07, 6.45) is 5.18. The number of nitrogens with zero attached hydrogens (tertiary/aromatic N) is 2. The van der Waals surface area contributed by atoms with Crippen molar-refractivity contribution in [3.05, 3.63) is 12.3 Å². The van der Waals surface area contributed by atoms with E-state index in [1.165, 1.54) is 4.90 Å². The quantitative estimate of drug-likeness (QED) is 0.352. The fraction of sp³-hybridized carbons (Fsp3) is 0.429. The third-order valence-electron chi connectivity index (χ3n) is 1.09. The minimum Gasteiger partial charge on any atom is -0.311 e. The van der Waals surface area contributed by atoms with Gasteiger partial charge in [0, 0.05) is 19.5 Å². The van der Waals surface area contributed by atoms with E-state index in [4.69, 9.17) is 5.73 Å². The van der Waals surface area contributed by atoms with Gasteiger partial charge in [0.25, 0.3) is 0 Å². The number of hydrogen-bond acceptors (Lipinski definition) is 3. The molecule has 0 aliphatic carbocycles. The highest BCUT2D eigenvalue weighted by molar-refractivity contribution is 5.71. The SMILES string of the molecule is C/N=C\C=C/N(C=O)[C@@H](C)N. The zero-order valence-corrected chi connectivity index (χ0v) is 6.77. The number of rotatable bonds is 4. The van der Waals surface area contributed by atoms with Gasteiger partial charge >= 0.3 is 0 Å². The van der Waals surface area contributed by atoms with Crippen LogP contribution in [-0.4, -0.2) is 30.7 Å². The lowest BCUT2D eigenvalue weighted by Gasteiger charge is -2.15. The Morgan fingerprint density at radius 2 is 2.27 bits per heavy atom. The molecule has 0 aromatic rings. The number of allylic oxidation sites excluding steroid dienone is 1. The Bertz CT molecular complexity index is 163. The standard InChI is InChI=1S/C7H13N3O/c1-7(8)10(6-11)5-3-4-9-2/h3-7H,8H2,1-2H3/b5-3-,9-4-/t7-/m0/s1. The van der Waals surface area contributed by atoms with E-state index < -0.39 is 0 Å². The van der Waals surface area contributed by atoms with Crippen molar-refractivity contribution >= 4 is 12.6 Å². The predicted molar refractivity (Wildman–Crippen MR) is 45.1 cm³/mol. The second-order valence-electron chi connectivity index (χ2n) is 2.04. The molecule has 0 saturated carbocycles. The molecule has 1 atom stereocenters. The van der Waals surface area contributed by atoms with Crippen LogP contribution in [0.4, 0.5) is 0 Å². The maximum absolute atomic E-state index is 10.3. The molecule has 0 bridgehead atoms. The van der Waals surface area contributed by atoms with Gasteiger partial charge in [0.2, 0.25) is 6.41 Å². The topological polar surface area (TPSA) is 58.7 Å². The molecule has 0 aliphatic heterocycles. The molecule has 0 fully saturated rings. The van der Waals surface area contributed by atoms with E-state index in [1.807, 2.05) is 0 Å². The third-order valence-corrected chi connectivity index (χ3v) is 1.09. The molecular formula is C7H13N3O.